The van der Waals surface area contributed by atoms with Crippen LogP contribution in [-0.2, 0) is 23.9 Å². The van der Waals surface area contributed by atoms with Gasteiger partial charge in [0.1, 0.15) is 17.6 Å². The Morgan fingerprint density at radius 2 is 1.91 bits per heavy atom. The van der Waals surface area contributed by atoms with E-state index in [2.05, 4.69) is 10.5 Å². The highest BCUT2D eigenvalue weighted by Gasteiger charge is 2.58. The summed E-state index contributed by atoms with van der Waals surface area (Å²) in [5, 5.41) is 3.68. The van der Waals surface area contributed by atoms with E-state index in [-0.39, 0.29) is 12.3 Å². The molecule has 9 heteroatoms. The van der Waals surface area contributed by atoms with Gasteiger partial charge in [0.2, 0.25) is 0 Å². The Morgan fingerprint density at radius 3 is 2.45 bits per heavy atom. The first-order chi connectivity index (χ1) is 10.2. The SMILES string of the molecule is CCOC(=O)C1=NNC2C(=O)N(C(=O)OC(C)(C)C)C(=O)C12. The fourth-order valence-electron chi connectivity index (χ4n) is 2.15. The number of carbonyl (C=O) groups is 4. The molecule has 0 bridgehead atoms. The highest BCUT2D eigenvalue weighted by molar-refractivity contribution is 6.44. The Morgan fingerprint density at radius 1 is 1.27 bits per heavy atom. The van der Waals surface area contributed by atoms with E-state index >= 15 is 0 Å². The monoisotopic (exact) mass is 311 g/mol. The van der Waals surface area contributed by atoms with Gasteiger partial charge in [0.15, 0.2) is 5.71 Å². The minimum atomic E-state index is -1.17. The first-order valence-corrected chi connectivity index (χ1v) is 6.78. The molecule has 1 saturated heterocycles. The van der Waals surface area contributed by atoms with Crippen LogP contribution in [0.15, 0.2) is 5.10 Å². The second kappa shape index (κ2) is 5.39. The van der Waals surface area contributed by atoms with Gasteiger partial charge in [-0.1, -0.05) is 0 Å². The summed E-state index contributed by atoms with van der Waals surface area (Å²) in [5.74, 6) is -3.61. The van der Waals surface area contributed by atoms with Crippen molar-refractivity contribution in [2.75, 3.05) is 6.61 Å². The number of hydrogen-bond donors (Lipinski definition) is 1. The summed E-state index contributed by atoms with van der Waals surface area (Å²) < 4.78 is 9.82. The standard InChI is InChI=1S/C13H17N3O6/c1-5-21-11(19)8-6-7(14-15-8)10(18)16(9(6)17)12(20)22-13(2,3)4/h6-7,14H,5H2,1-4H3. The lowest BCUT2D eigenvalue weighted by Gasteiger charge is -2.22. The number of likely N-dealkylation sites (tertiary alicyclic amines) is 1. The van der Waals surface area contributed by atoms with Gasteiger partial charge in [-0.2, -0.15) is 10.0 Å². The van der Waals surface area contributed by atoms with E-state index < -0.39 is 41.4 Å². The fraction of sp³-hybridized carbons (Fsp3) is 0.615. The molecule has 2 atom stereocenters. The Bertz CT molecular complexity index is 577. The molecule has 9 nitrogen and oxygen atoms in total. The number of amides is 3. The number of nitrogens with one attached hydrogen (secondary N) is 1. The highest BCUT2D eigenvalue weighted by atomic mass is 16.6. The number of esters is 1. The lowest BCUT2D eigenvalue weighted by molar-refractivity contribution is -0.140. The fourth-order valence-corrected chi connectivity index (χ4v) is 2.15. The molecule has 2 rings (SSSR count). The smallest absolute Gasteiger partial charge is 0.424 e. The van der Waals surface area contributed by atoms with E-state index in [9.17, 15) is 19.2 Å². The summed E-state index contributed by atoms with van der Waals surface area (Å²) in [7, 11) is 0. The third-order valence-electron chi connectivity index (χ3n) is 2.99. The molecular weight excluding hydrogens is 294 g/mol. The largest absolute Gasteiger partial charge is 0.461 e. The van der Waals surface area contributed by atoms with Crippen molar-refractivity contribution in [3.63, 3.8) is 0 Å². The molecule has 2 aliphatic rings. The molecule has 2 heterocycles. The summed E-state index contributed by atoms with van der Waals surface area (Å²) in [6, 6.07) is -1.08. The van der Waals surface area contributed by atoms with Crippen molar-refractivity contribution in [2.45, 2.75) is 39.3 Å². The molecule has 1 fully saturated rings. The van der Waals surface area contributed by atoms with Gasteiger partial charge in [-0.05, 0) is 27.7 Å². The van der Waals surface area contributed by atoms with Crippen molar-refractivity contribution in [1.82, 2.24) is 10.3 Å². The second-order valence-corrected chi connectivity index (χ2v) is 5.79. The maximum Gasteiger partial charge on any atom is 0.424 e. The van der Waals surface area contributed by atoms with E-state index in [4.69, 9.17) is 9.47 Å². The zero-order valence-electron chi connectivity index (χ0n) is 12.7. The van der Waals surface area contributed by atoms with Gasteiger partial charge < -0.3 is 9.47 Å². The average molecular weight is 311 g/mol. The van der Waals surface area contributed by atoms with Gasteiger partial charge >= 0.3 is 12.1 Å². The van der Waals surface area contributed by atoms with E-state index in [0.717, 1.165) is 0 Å². The van der Waals surface area contributed by atoms with Crippen molar-refractivity contribution >= 4 is 29.6 Å². The Kier molecular flexibility index (Phi) is 3.90. The lowest BCUT2D eigenvalue weighted by atomic mass is 9.99. The molecule has 0 aromatic rings. The number of nitrogens with zero attached hydrogens (tertiary/aromatic N) is 2. The summed E-state index contributed by atoms with van der Waals surface area (Å²) in [4.78, 5) is 48.6. The predicted octanol–water partition coefficient (Wildman–Crippen LogP) is -0.203. The number of carbonyl (C=O) groups excluding carboxylic acids is 4. The number of hydrazone groups is 1. The summed E-state index contributed by atoms with van der Waals surface area (Å²) in [5.41, 5.74) is 1.33. The minimum Gasteiger partial charge on any atom is -0.461 e. The van der Waals surface area contributed by atoms with Crippen LogP contribution in [0.1, 0.15) is 27.7 Å². The van der Waals surface area contributed by atoms with Gasteiger partial charge in [-0.3, -0.25) is 15.0 Å². The number of ether oxygens (including phenoxy) is 2. The molecule has 2 aliphatic heterocycles. The van der Waals surface area contributed by atoms with Crippen LogP contribution >= 0.6 is 0 Å². The molecule has 120 valence electrons. The first-order valence-electron chi connectivity index (χ1n) is 6.78. The number of hydrogen-bond acceptors (Lipinski definition) is 8. The normalized spacial score (nSPS) is 23.8. The second-order valence-electron chi connectivity index (χ2n) is 5.79. The molecule has 22 heavy (non-hydrogen) atoms. The molecular formula is C13H17N3O6. The van der Waals surface area contributed by atoms with Crippen molar-refractivity contribution in [1.29, 1.82) is 0 Å². The molecule has 2 unspecified atom stereocenters. The van der Waals surface area contributed by atoms with Crippen LogP contribution in [0.3, 0.4) is 0 Å². The molecule has 0 radical (unpaired) electrons. The van der Waals surface area contributed by atoms with Gasteiger partial charge in [0.25, 0.3) is 11.8 Å². The quantitative estimate of drug-likeness (QED) is 0.554. The zero-order chi connectivity index (χ0) is 16.7. The first kappa shape index (κ1) is 15.9. The van der Waals surface area contributed by atoms with Gasteiger partial charge in [0.05, 0.1) is 6.61 Å². The van der Waals surface area contributed by atoms with Crippen molar-refractivity contribution in [3.05, 3.63) is 0 Å². The number of imide groups is 3. The van der Waals surface area contributed by atoms with Crippen LogP contribution in [0, 0.1) is 5.92 Å². The molecule has 3 amide bonds. The average Bonchev–Trinajstić information content (AvgIpc) is 2.89. The Hall–Kier alpha value is -2.45. The van der Waals surface area contributed by atoms with Crippen LogP contribution in [0.4, 0.5) is 4.79 Å². The van der Waals surface area contributed by atoms with Crippen LogP contribution < -0.4 is 5.43 Å². The third-order valence-corrected chi connectivity index (χ3v) is 2.99. The maximum absolute atomic E-state index is 12.3. The van der Waals surface area contributed by atoms with Gasteiger partial charge in [-0.15, -0.1) is 0 Å². The van der Waals surface area contributed by atoms with E-state index in [0.29, 0.717) is 4.90 Å². The minimum absolute atomic E-state index is 0.104. The molecule has 0 saturated carbocycles. The van der Waals surface area contributed by atoms with Crippen molar-refractivity contribution in [3.8, 4) is 0 Å². The molecule has 0 aromatic heterocycles. The maximum atomic E-state index is 12.3. The van der Waals surface area contributed by atoms with Gasteiger partial charge in [-0.25, -0.2) is 9.59 Å². The van der Waals surface area contributed by atoms with Crippen LogP contribution in [0.25, 0.3) is 0 Å². The third kappa shape index (κ3) is 2.66. The van der Waals surface area contributed by atoms with Gasteiger partial charge in [0, 0.05) is 0 Å². The summed E-state index contributed by atoms with van der Waals surface area (Å²) >= 11 is 0. The summed E-state index contributed by atoms with van der Waals surface area (Å²) in [6.07, 6.45) is -1.07. The highest BCUT2D eigenvalue weighted by Crippen LogP contribution is 2.27. The van der Waals surface area contributed by atoms with E-state index in [1.807, 2.05) is 0 Å². The van der Waals surface area contributed by atoms with Crippen LogP contribution in [-0.4, -0.2) is 52.7 Å². The predicted molar refractivity (Wildman–Crippen MR) is 72.6 cm³/mol. The number of rotatable bonds is 2. The Balaban J connectivity index is 2.21. The van der Waals surface area contributed by atoms with Crippen molar-refractivity contribution < 1.29 is 28.7 Å². The van der Waals surface area contributed by atoms with E-state index in [1.165, 1.54) is 0 Å². The lowest BCUT2D eigenvalue weighted by Crippen LogP contribution is -2.43. The zero-order valence-corrected chi connectivity index (χ0v) is 12.7. The molecule has 1 N–H and O–H groups in total. The summed E-state index contributed by atoms with van der Waals surface area (Å²) in [6.45, 7) is 6.54. The molecule has 0 spiro atoms. The molecule has 0 aromatic carbocycles. The topological polar surface area (TPSA) is 114 Å². The van der Waals surface area contributed by atoms with Crippen LogP contribution in [0.5, 0.6) is 0 Å². The van der Waals surface area contributed by atoms with Crippen LogP contribution in [0.2, 0.25) is 0 Å². The molecule has 0 aliphatic carbocycles. The Labute approximate surface area is 126 Å². The van der Waals surface area contributed by atoms with E-state index in [1.54, 1.807) is 27.7 Å². The van der Waals surface area contributed by atoms with Crippen molar-refractivity contribution in [2.24, 2.45) is 11.0 Å². The number of fused-ring (bicyclic) bond motifs is 1.